The van der Waals surface area contributed by atoms with Crippen LogP contribution >= 0.6 is 11.8 Å². The molecule has 2 nitrogen and oxygen atoms in total. The van der Waals surface area contributed by atoms with Gasteiger partial charge in [-0.25, -0.2) is 0 Å². The van der Waals surface area contributed by atoms with E-state index in [1.165, 1.54) is 69.7 Å². The molecule has 0 spiro atoms. The second kappa shape index (κ2) is 7.65. The molecule has 0 aromatic heterocycles. The van der Waals surface area contributed by atoms with Crippen LogP contribution in [-0.2, 0) is 0 Å². The average Bonchev–Trinajstić information content (AvgIpc) is 2.89. The fraction of sp³-hybridized carbons (Fsp3) is 1.00. The van der Waals surface area contributed by atoms with E-state index in [0.29, 0.717) is 0 Å². The van der Waals surface area contributed by atoms with Gasteiger partial charge in [-0.3, -0.25) is 4.90 Å². The Morgan fingerprint density at radius 3 is 2.94 bits per heavy atom. The second-order valence-corrected chi connectivity index (χ2v) is 6.75. The standard InChI is InChI=1S/C14H28N2S/c1-2-17-12-6-11-16-10-4-3-8-14(16)13-7-5-9-15-13/h13-15H,2-12H2,1H3. The van der Waals surface area contributed by atoms with Crippen LogP contribution in [0.5, 0.6) is 0 Å². The van der Waals surface area contributed by atoms with Gasteiger partial charge in [-0.05, 0) is 63.2 Å². The van der Waals surface area contributed by atoms with E-state index in [1.807, 2.05) is 0 Å². The Hall–Kier alpha value is 0.270. The summed E-state index contributed by atoms with van der Waals surface area (Å²) < 4.78 is 0. The van der Waals surface area contributed by atoms with E-state index in [1.54, 1.807) is 0 Å². The topological polar surface area (TPSA) is 15.3 Å². The van der Waals surface area contributed by atoms with Crippen LogP contribution in [0.1, 0.15) is 45.4 Å². The first kappa shape index (κ1) is 13.7. The first-order valence-electron chi connectivity index (χ1n) is 7.47. The highest BCUT2D eigenvalue weighted by Gasteiger charge is 2.30. The van der Waals surface area contributed by atoms with Crippen molar-refractivity contribution in [2.45, 2.75) is 57.5 Å². The zero-order valence-corrected chi connectivity index (χ0v) is 12.1. The lowest BCUT2D eigenvalue weighted by molar-refractivity contribution is 0.120. The minimum absolute atomic E-state index is 0.800. The molecule has 0 radical (unpaired) electrons. The third-order valence-corrected chi connectivity index (χ3v) is 5.15. The van der Waals surface area contributed by atoms with Crippen molar-refractivity contribution in [1.29, 1.82) is 0 Å². The Kier molecular flexibility index (Phi) is 6.16. The van der Waals surface area contributed by atoms with E-state index in [0.717, 1.165) is 12.1 Å². The van der Waals surface area contributed by atoms with Gasteiger partial charge >= 0.3 is 0 Å². The highest BCUT2D eigenvalue weighted by atomic mass is 32.2. The number of nitrogens with zero attached hydrogens (tertiary/aromatic N) is 1. The summed E-state index contributed by atoms with van der Waals surface area (Å²) in [6.07, 6.45) is 8.47. The first-order valence-corrected chi connectivity index (χ1v) is 8.62. The molecule has 2 saturated heterocycles. The molecule has 2 atom stereocenters. The van der Waals surface area contributed by atoms with E-state index in [9.17, 15) is 0 Å². The van der Waals surface area contributed by atoms with Gasteiger partial charge in [-0.15, -0.1) is 0 Å². The summed E-state index contributed by atoms with van der Waals surface area (Å²) in [6, 6.07) is 1.65. The summed E-state index contributed by atoms with van der Waals surface area (Å²) in [5.41, 5.74) is 0. The predicted octanol–water partition coefficient (Wildman–Crippen LogP) is 2.74. The molecule has 3 heteroatoms. The average molecular weight is 256 g/mol. The summed E-state index contributed by atoms with van der Waals surface area (Å²) in [5, 5.41) is 3.71. The molecule has 2 heterocycles. The van der Waals surface area contributed by atoms with Crippen LogP contribution in [0.2, 0.25) is 0 Å². The fourth-order valence-electron chi connectivity index (χ4n) is 3.30. The zero-order valence-electron chi connectivity index (χ0n) is 11.3. The maximum atomic E-state index is 3.71. The monoisotopic (exact) mass is 256 g/mol. The number of likely N-dealkylation sites (tertiary alicyclic amines) is 1. The summed E-state index contributed by atoms with van der Waals surface area (Å²) in [5.74, 6) is 2.62. The van der Waals surface area contributed by atoms with E-state index in [-0.39, 0.29) is 0 Å². The van der Waals surface area contributed by atoms with Crippen LogP contribution < -0.4 is 5.32 Å². The molecule has 100 valence electrons. The third-order valence-electron chi connectivity index (χ3n) is 4.17. The second-order valence-electron chi connectivity index (χ2n) is 5.35. The molecule has 0 amide bonds. The number of nitrogens with one attached hydrogen (secondary N) is 1. The van der Waals surface area contributed by atoms with Gasteiger partial charge < -0.3 is 5.32 Å². The summed E-state index contributed by atoms with van der Waals surface area (Å²) in [7, 11) is 0. The Morgan fingerprint density at radius 1 is 1.24 bits per heavy atom. The molecule has 0 aromatic carbocycles. The normalized spacial score (nSPS) is 30.9. The van der Waals surface area contributed by atoms with Crippen LogP contribution in [0.3, 0.4) is 0 Å². The molecular formula is C14H28N2S. The van der Waals surface area contributed by atoms with Crippen molar-refractivity contribution in [3.05, 3.63) is 0 Å². The fourth-order valence-corrected chi connectivity index (χ4v) is 3.93. The molecule has 0 bridgehead atoms. The number of hydrogen-bond donors (Lipinski definition) is 1. The maximum Gasteiger partial charge on any atom is 0.0249 e. The molecule has 2 fully saturated rings. The lowest BCUT2D eigenvalue weighted by Crippen LogP contribution is -2.50. The van der Waals surface area contributed by atoms with Crippen LogP contribution in [-0.4, -0.2) is 48.1 Å². The van der Waals surface area contributed by atoms with E-state index < -0.39 is 0 Å². The van der Waals surface area contributed by atoms with Crippen LogP contribution in [0.4, 0.5) is 0 Å². The summed E-state index contributed by atoms with van der Waals surface area (Å²) in [4.78, 5) is 2.78. The van der Waals surface area contributed by atoms with Crippen molar-refractivity contribution >= 4 is 11.8 Å². The third kappa shape index (κ3) is 4.15. The molecular weight excluding hydrogens is 228 g/mol. The van der Waals surface area contributed by atoms with Crippen molar-refractivity contribution < 1.29 is 0 Å². The van der Waals surface area contributed by atoms with Gasteiger partial charge in [0.2, 0.25) is 0 Å². The highest BCUT2D eigenvalue weighted by Crippen LogP contribution is 2.24. The smallest absolute Gasteiger partial charge is 0.0249 e. The Morgan fingerprint density at radius 2 is 2.18 bits per heavy atom. The van der Waals surface area contributed by atoms with Crippen molar-refractivity contribution in [1.82, 2.24) is 10.2 Å². The number of rotatable bonds is 6. The van der Waals surface area contributed by atoms with Crippen LogP contribution in [0, 0.1) is 0 Å². The summed E-state index contributed by atoms with van der Waals surface area (Å²) >= 11 is 2.09. The Bertz CT molecular complexity index is 204. The molecule has 0 aromatic rings. The lowest BCUT2D eigenvalue weighted by atomic mass is 9.94. The number of piperidine rings is 1. The first-order chi connectivity index (χ1) is 8.42. The quantitative estimate of drug-likeness (QED) is 0.736. The highest BCUT2D eigenvalue weighted by molar-refractivity contribution is 7.99. The van der Waals surface area contributed by atoms with E-state index in [4.69, 9.17) is 0 Å². The molecule has 2 aliphatic heterocycles. The van der Waals surface area contributed by atoms with Gasteiger partial charge in [0, 0.05) is 12.1 Å². The molecule has 1 N–H and O–H groups in total. The minimum Gasteiger partial charge on any atom is -0.312 e. The maximum absolute atomic E-state index is 3.71. The largest absolute Gasteiger partial charge is 0.312 e. The lowest BCUT2D eigenvalue weighted by Gasteiger charge is -2.39. The van der Waals surface area contributed by atoms with Gasteiger partial charge in [0.25, 0.3) is 0 Å². The van der Waals surface area contributed by atoms with Gasteiger partial charge in [-0.1, -0.05) is 13.3 Å². The molecule has 0 aliphatic carbocycles. The minimum atomic E-state index is 0.800. The SMILES string of the molecule is CCSCCCN1CCCCC1C1CCCN1. The van der Waals surface area contributed by atoms with Crippen LogP contribution in [0.15, 0.2) is 0 Å². The summed E-state index contributed by atoms with van der Waals surface area (Å²) in [6.45, 7) is 6.19. The van der Waals surface area contributed by atoms with E-state index in [2.05, 4.69) is 28.9 Å². The molecule has 2 unspecified atom stereocenters. The molecule has 2 aliphatic rings. The Balaban J connectivity index is 1.75. The molecule has 17 heavy (non-hydrogen) atoms. The van der Waals surface area contributed by atoms with Gasteiger partial charge in [0.05, 0.1) is 0 Å². The molecule has 2 rings (SSSR count). The van der Waals surface area contributed by atoms with Crippen molar-refractivity contribution in [2.75, 3.05) is 31.1 Å². The van der Waals surface area contributed by atoms with Gasteiger partial charge in [-0.2, -0.15) is 11.8 Å². The van der Waals surface area contributed by atoms with Gasteiger partial charge in [0.1, 0.15) is 0 Å². The van der Waals surface area contributed by atoms with Crippen molar-refractivity contribution in [3.63, 3.8) is 0 Å². The van der Waals surface area contributed by atoms with Crippen LogP contribution in [0.25, 0.3) is 0 Å². The van der Waals surface area contributed by atoms with E-state index >= 15 is 0 Å². The van der Waals surface area contributed by atoms with Crippen molar-refractivity contribution in [3.8, 4) is 0 Å². The number of hydrogen-bond acceptors (Lipinski definition) is 3. The Labute approximate surface area is 111 Å². The zero-order chi connectivity index (χ0) is 11.9. The number of thioether (sulfide) groups is 1. The molecule has 0 saturated carbocycles. The predicted molar refractivity (Wildman–Crippen MR) is 77.9 cm³/mol. The van der Waals surface area contributed by atoms with Gasteiger partial charge in [0.15, 0.2) is 0 Å². The van der Waals surface area contributed by atoms with Crippen molar-refractivity contribution in [2.24, 2.45) is 0 Å².